The topological polar surface area (TPSA) is 58.6 Å². The second-order valence-corrected chi connectivity index (χ2v) is 6.31. The van der Waals surface area contributed by atoms with Gasteiger partial charge in [0.2, 0.25) is 11.8 Å². The van der Waals surface area contributed by atoms with E-state index >= 15 is 0 Å². The highest BCUT2D eigenvalue weighted by atomic mass is 16.5. The molecular weight excluding hydrogens is 328 g/mol. The molecule has 0 saturated heterocycles. The zero-order chi connectivity index (χ0) is 18.9. The van der Waals surface area contributed by atoms with Gasteiger partial charge in [0, 0.05) is 20.0 Å². The number of ether oxygens (including phenoxy) is 1. The van der Waals surface area contributed by atoms with Crippen LogP contribution in [-0.4, -0.2) is 36.9 Å². The van der Waals surface area contributed by atoms with E-state index in [1.807, 2.05) is 55.5 Å². The van der Waals surface area contributed by atoms with Gasteiger partial charge >= 0.3 is 0 Å². The summed E-state index contributed by atoms with van der Waals surface area (Å²) < 4.78 is 5.19. The largest absolute Gasteiger partial charge is 0.497 e. The minimum atomic E-state index is -0.157. The van der Waals surface area contributed by atoms with Crippen LogP contribution in [0.3, 0.4) is 0 Å². The van der Waals surface area contributed by atoms with Gasteiger partial charge in [-0.15, -0.1) is 0 Å². The molecule has 2 aromatic carbocycles. The van der Waals surface area contributed by atoms with Gasteiger partial charge in [-0.2, -0.15) is 0 Å². The van der Waals surface area contributed by atoms with Crippen molar-refractivity contribution in [3.8, 4) is 5.75 Å². The average molecular weight is 354 g/mol. The third kappa shape index (κ3) is 6.24. The fourth-order valence-electron chi connectivity index (χ4n) is 2.60. The van der Waals surface area contributed by atoms with Crippen molar-refractivity contribution in [3.05, 3.63) is 65.2 Å². The zero-order valence-electron chi connectivity index (χ0n) is 15.6. The number of aryl methyl sites for hydroxylation is 1. The summed E-state index contributed by atoms with van der Waals surface area (Å²) in [7, 11) is 1.63. The predicted octanol–water partition coefficient (Wildman–Crippen LogP) is 2.71. The minimum absolute atomic E-state index is 0.0569. The Morgan fingerprint density at radius 2 is 1.81 bits per heavy atom. The van der Waals surface area contributed by atoms with E-state index in [0.29, 0.717) is 19.5 Å². The fraction of sp³-hybridized carbons (Fsp3) is 0.333. The molecule has 5 nitrogen and oxygen atoms in total. The molecule has 138 valence electrons. The van der Waals surface area contributed by atoms with E-state index in [1.54, 1.807) is 12.0 Å². The van der Waals surface area contributed by atoms with Crippen LogP contribution in [0.1, 0.15) is 23.6 Å². The monoisotopic (exact) mass is 354 g/mol. The number of amides is 2. The first-order valence-electron chi connectivity index (χ1n) is 8.68. The van der Waals surface area contributed by atoms with Crippen LogP contribution in [-0.2, 0) is 22.6 Å². The lowest BCUT2D eigenvalue weighted by atomic mass is 10.1. The Hall–Kier alpha value is -2.82. The number of carbonyl (C=O) groups is 2. The van der Waals surface area contributed by atoms with Crippen molar-refractivity contribution in [3.63, 3.8) is 0 Å². The number of benzene rings is 2. The van der Waals surface area contributed by atoms with Crippen molar-refractivity contribution in [1.82, 2.24) is 10.2 Å². The number of hydrogen-bond acceptors (Lipinski definition) is 3. The first kappa shape index (κ1) is 19.5. The van der Waals surface area contributed by atoms with E-state index in [4.69, 9.17) is 4.74 Å². The molecule has 0 aliphatic rings. The van der Waals surface area contributed by atoms with Crippen LogP contribution in [0.5, 0.6) is 5.75 Å². The zero-order valence-corrected chi connectivity index (χ0v) is 15.6. The molecule has 1 N–H and O–H groups in total. The summed E-state index contributed by atoms with van der Waals surface area (Å²) in [6, 6.07) is 15.7. The first-order chi connectivity index (χ1) is 12.5. The van der Waals surface area contributed by atoms with E-state index in [-0.39, 0.29) is 18.4 Å². The highest BCUT2D eigenvalue weighted by molar-refractivity contribution is 5.83. The number of nitrogens with zero attached hydrogens (tertiary/aromatic N) is 1. The van der Waals surface area contributed by atoms with E-state index in [9.17, 15) is 9.59 Å². The van der Waals surface area contributed by atoms with Gasteiger partial charge < -0.3 is 15.0 Å². The third-order valence-corrected chi connectivity index (χ3v) is 4.14. The van der Waals surface area contributed by atoms with Gasteiger partial charge in [0.25, 0.3) is 0 Å². The molecule has 0 bridgehead atoms. The Morgan fingerprint density at radius 1 is 1.08 bits per heavy atom. The number of hydrogen-bond donors (Lipinski definition) is 1. The summed E-state index contributed by atoms with van der Waals surface area (Å²) in [5, 5.41) is 2.88. The van der Waals surface area contributed by atoms with Gasteiger partial charge in [-0.1, -0.05) is 42.0 Å². The molecule has 0 aliphatic carbocycles. The van der Waals surface area contributed by atoms with Crippen LogP contribution in [0.2, 0.25) is 0 Å². The smallest absolute Gasteiger partial charge is 0.239 e. The van der Waals surface area contributed by atoms with Crippen molar-refractivity contribution in [2.24, 2.45) is 0 Å². The molecule has 0 atom stereocenters. The van der Waals surface area contributed by atoms with Crippen LogP contribution >= 0.6 is 0 Å². The van der Waals surface area contributed by atoms with Crippen LogP contribution in [0.15, 0.2) is 48.5 Å². The highest BCUT2D eigenvalue weighted by Crippen LogP contribution is 2.12. The molecule has 2 amide bonds. The number of methoxy groups -OCH3 is 1. The minimum Gasteiger partial charge on any atom is -0.497 e. The molecule has 0 aliphatic heterocycles. The van der Waals surface area contributed by atoms with Crippen molar-refractivity contribution >= 4 is 11.8 Å². The van der Waals surface area contributed by atoms with Crippen LogP contribution < -0.4 is 10.1 Å². The van der Waals surface area contributed by atoms with Crippen molar-refractivity contribution < 1.29 is 14.3 Å². The van der Waals surface area contributed by atoms with E-state index < -0.39 is 0 Å². The molecule has 26 heavy (non-hydrogen) atoms. The lowest BCUT2D eigenvalue weighted by molar-refractivity contribution is -0.134. The van der Waals surface area contributed by atoms with Crippen molar-refractivity contribution in [1.29, 1.82) is 0 Å². The first-order valence-corrected chi connectivity index (χ1v) is 8.68. The Labute approximate surface area is 155 Å². The molecule has 0 fully saturated rings. The maximum Gasteiger partial charge on any atom is 0.239 e. The Bertz CT molecular complexity index is 741. The molecular formula is C21H26N2O3. The second kappa shape index (κ2) is 9.61. The fourth-order valence-corrected chi connectivity index (χ4v) is 2.60. The molecule has 0 saturated carbocycles. The number of rotatable bonds is 8. The van der Waals surface area contributed by atoms with Gasteiger partial charge in [0.05, 0.1) is 13.7 Å². The second-order valence-electron chi connectivity index (χ2n) is 6.31. The molecule has 2 aromatic rings. The highest BCUT2D eigenvalue weighted by Gasteiger charge is 2.14. The summed E-state index contributed by atoms with van der Waals surface area (Å²) >= 11 is 0. The van der Waals surface area contributed by atoms with Gasteiger partial charge in [-0.25, -0.2) is 0 Å². The SMILES string of the molecule is COc1cccc(CCNC(=O)CN(Cc2ccc(C)cc2)C(C)=O)c1. The van der Waals surface area contributed by atoms with E-state index in [0.717, 1.165) is 16.9 Å². The molecule has 0 radical (unpaired) electrons. The Kier molecular flexibility index (Phi) is 7.21. The van der Waals surface area contributed by atoms with Gasteiger partial charge in [0.1, 0.15) is 5.75 Å². The Morgan fingerprint density at radius 3 is 2.46 bits per heavy atom. The third-order valence-electron chi connectivity index (χ3n) is 4.14. The maximum atomic E-state index is 12.2. The summed E-state index contributed by atoms with van der Waals surface area (Å²) in [6.45, 7) is 4.50. The normalized spacial score (nSPS) is 10.3. The summed E-state index contributed by atoms with van der Waals surface area (Å²) in [5.41, 5.74) is 3.26. The van der Waals surface area contributed by atoms with Gasteiger partial charge in [-0.3, -0.25) is 9.59 Å². The number of nitrogens with one attached hydrogen (secondary N) is 1. The lowest BCUT2D eigenvalue weighted by Crippen LogP contribution is -2.39. The summed E-state index contributed by atoms with van der Waals surface area (Å²) in [6.07, 6.45) is 0.709. The molecule has 0 aromatic heterocycles. The van der Waals surface area contributed by atoms with E-state index in [1.165, 1.54) is 12.5 Å². The lowest BCUT2D eigenvalue weighted by Gasteiger charge is -2.20. The van der Waals surface area contributed by atoms with Gasteiger partial charge in [-0.05, 0) is 36.6 Å². The summed E-state index contributed by atoms with van der Waals surface area (Å²) in [5.74, 6) is 0.526. The van der Waals surface area contributed by atoms with E-state index in [2.05, 4.69) is 5.32 Å². The van der Waals surface area contributed by atoms with Crippen LogP contribution in [0.25, 0.3) is 0 Å². The van der Waals surface area contributed by atoms with Crippen LogP contribution in [0.4, 0.5) is 0 Å². The maximum absolute atomic E-state index is 12.2. The quantitative estimate of drug-likeness (QED) is 0.793. The number of carbonyl (C=O) groups excluding carboxylic acids is 2. The van der Waals surface area contributed by atoms with Crippen LogP contribution in [0, 0.1) is 6.92 Å². The van der Waals surface area contributed by atoms with Gasteiger partial charge in [0.15, 0.2) is 0 Å². The van der Waals surface area contributed by atoms with Crippen molar-refractivity contribution in [2.45, 2.75) is 26.8 Å². The predicted molar refractivity (Wildman–Crippen MR) is 102 cm³/mol. The molecule has 0 unspecified atom stereocenters. The molecule has 0 heterocycles. The molecule has 0 spiro atoms. The Balaban J connectivity index is 1.83. The average Bonchev–Trinajstić information content (AvgIpc) is 2.63. The molecule has 2 rings (SSSR count). The molecule has 5 heteroatoms. The standard InChI is InChI=1S/C21H26N2O3/c1-16-7-9-19(10-8-16)14-23(17(2)24)15-21(25)22-12-11-18-5-4-6-20(13-18)26-3/h4-10,13H,11-12,14-15H2,1-3H3,(H,22,25). The summed E-state index contributed by atoms with van der Waals surface area (Å²) in [4.78, 5) is 25.6. The van der Waals surface area contributed by atoms with Crippen molar-refractivity contribution in [2.75, 3.05) is 20.2 Å².